The monoisotopic (exact) mass is 291 g/mol. The molecular formula is C13H16F3NOS. The Bertz CT molecular complexity index is 471. The molecule has 2 N–H and O–H groups in total. The molecule has 0 bridgehead atoms. The minimum absolute atomic E-state index is 0.115. The molecule has 0 amide bonds. The number of ether oxygens (including phenoxy) is 1. The molecule has 6 heteroatoms. The summed E-state index contributed by atoms with van der Waals surface area (Å²) in [6.45, 7) is 5.77. The summed E-state index contributed by atoms with van der Waals surface area (Å²) in [4.78, 5) is -0.296. The topological polar surface area (TPSA) is 35.2 Å². The Labute approximate surface area is 115 Å². The zero-order valence-corrected chi connectivity index (χ0v) is 11.7. The summed E-state index contributed by atoms with van der Waals surface area (Å²) in [7, 11) is 0. The lowest BCUT2D eigenvalue weighted by Crippen LogP contribution is -2.21. The van der Waals surface area contributed by atoms with Crippen molar-refractivity contribution in [2.45, 2.75) is 33.1 Å². The van der Waals surface area contributed by atoms with Crippen molar-refractivity contribution in [1.82, 2.24) is 0 Å². The number of hydrogen-bond donors (Lipinski definition) is 1. The van der Waals surface area contributed by atoms with Gasteiger partial charge in [-0.3, -0.25) is 0 Å². The van der Waals surface area contributed by atoms with Gasteiger partial charge < -0.3 is 10.5 Å². The highest BCUT2D eigenvalue weighted by Gasteiger charge is 2.34. The summed E-state index contributed by atoms with van der Waals surface area (Å²) in [5.41, 5.74) is 4.29. The lowest BCUT2D eigenvalue weighted by Gasteiger charge is -2.20. The van der Waals surface area contributed by atoms with Crippen LogP contribution < -0.4 is 10.5 Å². The van der Waals surface area contributed by atoms with Crippen LogP contribution in [0.2, 0.25) is 0 Å². The van der Waals surface area contributed by atoms with Crippen molar-refractivity contribution < 1.29 is 17.9 Å². The molecule has 0 saturated heterocycles. The van der Waals surface area contributed by atoms with Crippen LogP contribution in [0.3, 0.4) is 0 Å². The van der Waals surface area contributed by atoms with Gasteiger partial charge in [0.1, 0.15) is 10.7 Å². The van der Waals surface area contributed by atoms with Gasteiger partial charge in [-0.05, 0) is 31.0 Å². The van der Waals surface area contributed by atoms with Crippen molar-refractivity contribution in [3.05, 3.63) is 29.3 Å². The van der Waals surface area contributed by atoms with Crippen LogP contribution in [0.5, 0.6) is 5.75 Å². The predicted octanol–water partition coefficient (Wildman–Crippen LogP) is 3.76. The fraction of sp³-hybridized carbons (Fsp3) is 0.462. The van der Waals surface area contributed by atoms with Crippen molar-refractivity contribution >= 4 is 17.2 Å². The standard InChI is InChI=1S/C13H16F3NOS/c1-7(2)8(3)18-9-4-5-11(13(14,15)16)10(6-9)12(17)19/h4-8H,1-3H3,(H2,17,19). The smallest absolute Gasteiger partial charge is 0.417 e. The highest BCUT2D eigenvalue weighted by atomic mass is 32.1. The number of alkyl halides is 3. The summed E-state index contributed by atoms with van der Waals surface area (Å²) < 4.78 is 43.9. The van der Waals surface area contributed by atoms with E-state index in [1.54, 1.807) is 0 Å². The van der Waals surface area contributed by atoms with Crippen LogP contribution in [-0.4, -0.2) is 11.1 Å². The van der Waals surface area contributed by atoms with E-state index in [9.17, 15) is 13.2 Å². The Morgan fingerprint density at radius 2 is 1.84 bits per heavy atom. The average molecular weight is 291 g/mol. The van der Waals surface area contributed by atoms with Gasteiger partial charge in [-0.2, -0.15) is 13.2 Å². The second kappa shape index (κ2) is 5.77. The van der Waals surface area contributed by atoms with Gasteiger partial charge in [0.05, 0.1) is 11.7 Å². The lowest BCUT2D eigenvalue weighted by atomic mass is 10.1. The molecule has 1 aromatic carbocycles. The van der Waals surface area contributed by atoms with Crippen LogP contribution >= 0.6 is 12.2 Å². The highest BCUT2D eigenvalue weighted by Crippen LogP contribution is 2.34. The molecule has 0 heterocycles. The van der Waals surface area contributed by atoms with Gasteiger partial charge in [-0.15, -0.1) is 0 Å². The number of halogens is 3. The van der Waals surface area contributed by atoms with Crippen molar-refractivity contribution in [2.75, 3.05) is 0 Å². The van der Waals surface area contributed by atoms with E-state index < -0.39 is 11.7 Å². The third-order valence-corrected chi connectivity index (χ3v) is 3.04. The van der Waals surface area contributed by atoms with Crippen LogP contribution in [-0.2, 0) is 6.18 Å². The van der Waals surface area contributed by atoms with Crippen molar-refractivity contribution in [3.8, 4) is 5.75 Å². The van der Waals surface area contributed by atoms with Gasteiger partial charge in [0.2, 0.25) is 0 Å². The predicted molar refractivity (Wildman–Crippen MR) is 72.3 cm³/mol. The number of thiocarbonyl (C=S) groups is 1. The van der Waals surface area contributed by atoms with Crippen LogP contribution in [0.25, 0.3) is 0 Å². The first-order chi connectivity index (χ1) is 8.62. The van der Waals surface area contributed by atoms with Gasteiger partial charge in [0, 0.05) is 5.56 Å². The molecular weight excluding hydrogens is 275 g/mol. The van der Waals surface area contributed by atoms with Gasteiger partial charge in [0.15, 0.2) is 0 Å². The van der Waals surface area contributed by atoms with E-state index in [4.69, 9.17) is 10.5 Å². The quantitative estimate of drug-likeness (QED) is 0.858. The lowest BCUT2D eigenvalue weighted by molar-refractivity contribution is -0.137. The second-order valence-electron chi connectivity index (χ2n) is 4.64. The molecule has 2 nitrogen and oxygen atoms in total. The van der Waals surface area contributed by atoms with Gasteiger partial charge in [-0.25, -0.2) is 0 Å². The second-order valence-corrected chi connectivity index (χ2v) is 5.08. The maximum atomic E-state index is 12.8. The van der Waals surface area contributed by atoms with Gasteiger partial charge in [-0.1, -0.05) is 26.1 Å². The Hall–Kier alpha value is -1.30. The summed E-state index contributed by atoms with van der Waals surface area (Å²) in [6.07, 6.45) is -4.60. The summed E-state index contributed by atoms with van der Waals surface area (Å²) >= 11 is 4.67. The minimum atomic E-state index is -4.49. The maximum absolute atomic E-state index is 12.8. The number of nitrogens with two attached hydrogens (primary N) is 1. The van der Waals surface area contributed by atoms with Crippen LogP contribution in [0, 0.1) is 5.92 Å². The molecule has 1 atom stereocenters. The normalized spacial score (nSPS) is 13.4. The molecule has 0 fully saturated rings. The molecule has 0 spiro atoms. The van der Waals surface area contributed by atoms with E-state index in [1.165, 1.54) is 12.1 Å². The average Bonchev–Trinajstić information content (AvgIpc) is 2.27. The molecule has 0 aliphatic heterocycles. The first-order valence-corrected chi connectivity index (χ1v) is 6.21. The van der Waals surface area contributed by atoms with Crippen molar-refractivity contribution in [2.24, 2.45) is 11.7 Å². The van der Waals surface area contributed by atoms with E-state index in [0.717, 1.165) is 6.07 Å². The number of hydrogen-bond acceptors (Lipinski definition) is 2. The highest BCUT2D eigenvalue weighted by molar-refractivity contribution is 7.80. The van der Waals surface area contributed by atoms with Crippen molar-refractivity contribution in [1.29, 1.82) is 0 Å². The molecule has 0 saturated carbocycles. The first kappa shape index (κ1) is 15.8. The molecule has 0 aliphatic rings. The van der Waals surface area contributed by atoms with Crippen molar-refractivity contribution in [3.63, 3.8) is 0 Å². The van der Waals surface area contributed by atoms with E-state index in [1.807, 2.05) is 20.8 Å². The number of rotatable bonds is 4. The fourth-order valence-corrected chi connectivity index (χ4v) is 1.57. The first-order valence-electron chi connectivity index (χ1n) is 5.80. The Morgan fingerprint density at radius 3 is 2.26 bits per heavy atom. The summed E-state index contributed by atoms with van der Waals surface area (Å²) in [5, 5.41) is 0. The summed E-state index contributed by atoms with van der Waals surface area (Å²) in [5.74, 6) is 0.576. The Morgan fingerprint density at radius 1 is 1.26 bits per heavy atom. The maximum Gasteiger partial charge on any atom is 0.417 e. The zero-order chi connectivity index (χ0) is 14.8. The molecule has 19 heavy (non-hydrogen) atoms. The molecule has 0 aromatic heterocycles. The van der Waals surface area contributed by atoms with E-state index in [0.29, 0.717) is 5.75 Å². The molecule has 1 unspecified atom stereocenters. The molecule has 106 valence electrons. The Balaban J connectivity index is 3.14. The van der Waals surface area contributed by atoms with Gasteiger partial charge >= 0.3 is 6.18 Å². The van der Waals surface area contributed by atoms with E-state index in [2.05, 4.69) is 12.2 Å². The zero-order valence-electron chi connectivity index (χ0n) is 10.9. The van der Waals surface area contributed by atoms with E-state index in [-0.39, 0.29) is 22.6 Å². The molecule has 0 radical (unpaired) electrons. The SMILES string of the molecule is CC(C)C(C)Oc1ccc(C(F)(F)F)c(C(N)=S)c1. The molecule has 1 rings (SSSR count). The number of benzene rings is 1. The largest absolute Gasteiger partial charge is 0.490 e. The molecule has 1 aromatic rings. The minimum Gasteiger partial charge on any atom is -0.490 e. The van der Waals surface area contributed by atoms with Crippen LogP contribution in [0.1, 0.15) is 31.9 Å². The third kappa shape index (κ3) is 4.09. The van der Waals surface area contributed by atoms with Crippen LogP contribution in [0.15, 0.2) is 18.2 Å². The molecule has 0 aliphatic carbocycles. The summed E-state index contributed by atoms with van der Waals surface area (Å²) in [6, 6.07) is 3.46. The van der Waals surface area contributed by atoms with Gasteiger partial charge in [0.25, 0.3) is 0 Å². The Kier molecular flexibility index (Phi) is 4.79. The van der Waals surface area contributed by atoms with E-state index >= 15 is 0 Å². The fourth-order valence-electron chi connectivity index (χ4n) is 1.40. The van der Waals surface area contributed by atoms with Crippen LogP contribution in [0.4, 0.5) is 13.2 Å². The third-order valence-electron chi connectivity index (χ3n) is 2.82.